The van der Waals surface area contributed by atoms with Crippen LogP contribution in [-0.4, -0.2) is 22.8 Å². The van der Waals surface area contributed by atoms with Crippen molar-refractivity contribution in [2.24, 2.45) is 0 Å². The molecule has 0 aromatic heterocycles. The average molecular weight is 443 g/mol. The van der Waals surface area contributed by atoms with Crippen LogP contribution in [0.25, 0.3) is 0 Å². The van der Waals surface area contributed by atoms with Gasteiger partial charge in [-0.2, -0.15) is 0 Å². The van der Waals surface area contributed by atoms with E-state index in [1.165, 1.54) is 128 Å². The molecule has 2 N–H and O–H groups in total. The molecular formula is C28H58O3. The van der Waals surface area contributed by atoms with Crippen molar-refractivity contribution in [3.05, 3.63) is 0 Å². The third-order valence-electron chi connectivity index (χ3n) is 6.01. The fraction of sp³-hybridized carbons (Fsp3) is 0.964. The number of carboxylic acids is 1. The minimum Gasteiger partial charge on any atom is -0.481 e. The first kappa shape index (κ1) is 32.6. The molecule has 0 bridgehead atoms. The van der Waals surface area contributed by atoms with E-state index >= 15 is 0 Å². The molecule has 0 spiro atoms. The maximum absolute atomic E-state index is 10.3. The highest BCUT2D eigenvalue weighted by Gasteiger charge is 1.96. The molecule has 0 saturated carbocycles. The van der Waals surface area contributed by atoms with Gasteiger partial charge < -0.3 is 10.2 Å². The van der Waals surface area contributed by atoms with Crippen LogP contribution in [0.5, 0.6) is 0 Å². The maximum atomic E-state index is 10.3. The van der Waals surface area contributed by atoms with Crippen molar-refractivity contribution < 1.29 is 15.0 Å². The summed E-state index contributed by atoms with van der Waals surface area (Å²) in [5.41, 5.74) is 0. The summed E-state index contributed by atoms with van der Waals surface area (Å²) in [5, 5.41) is 17.1. The molecule has 3 nitrogen and oxygen atoms in total. The third kappa shape index (κ3) is 37.1. The Morgan fingerprint density at radius 2 is 0.710 bits per heavy atom. The molecule has 0 aliphatic heterocycles. The van der Waals surface area contributed by atoms with Gasteiger partial charge in [0, 0.05) is 13.0 Å². The van der Waals surface area contributed by atoms with E-state index in [-0.39, 0.29) is 0 Å². The second-order valence-electron chi connectivity index (χ2n) is 9.29. The normalized spacial score (nSPS) is 10.7. The Bertz CT molecular complexity index is 305. The van der Waals surface area contributed by atoms with Crippen molar-refractivity contribution in [2.75, 3.05) is 6.61 Å². The van der Waals surface area contributed by atoms with Crippen LogP contribution in [0.4, 0.5) is 0 Å². The van der Waals surface area contributed by atoms with Gasteiger partial charge in [-0.15, -0.1) is 0 Å². The number of aliphatic hydroxyl groups is 1. The lowest BCUT2D eigenvalue weighted by Gasteiger charge is -2.01. The van der Waals surface area contributed by atoms with Crippen LogP contribution in [-0.2, 0) is 4.79 Å². The monoisotopic (exact) mass is 442 g/mol. The number of hydrogen-bond donors (Lipinski definition) is 2. The summed E-state index contributed by atoms with van der Waals surface area (Å²) in [7, 11) is 0. The van der Waals surface area contributed by atoms with Crippen molar-refractivity contribution in [3.8, 4) is 0 Å². The summed E-state index contributed by atoms with van der Waals surface area (Å²) in [4.78, 5) is 10.3. The Hall–Kier alpha value is -0.570. The zero-order chi connectivity index (χ0) is 23.3. The molecule has 3 heteroatoms. The molecule has 31 heavy (non-hydrogen) atoms. The van der Waals surface area contributed by atoms with Crippen LogP contribution in [0, 0.1) is 0 Å². The molecule has 0 aliphatic carbocycles. The number of unbranched alkanes of at least 4 members (excludes halogenated alkanes) is 21. The molecule has 0 radical (unpaired) electrons. The molecule has 0 aliphatic rings. The van der Waals surface area contributed by atoms with Crippen LogP contribution in [0.3, 0.4) is 0 Å². The molecule has 0 heterocycles. The predicted octanol–water partition coefficient (Wildman–Crippen LogP) is 9.45. The highest BCUT2D eigenvalue weighted by Crippen LogP contribution is 2.12. The Balaban J connectivity index is 0. The van der Waals surface area contributed by atoms with Gasteiger partial charge in [-0.1, -0.05) is 149 Å². The zero-order valence-corrected chi connectivity index (χ0v) is 21.5. The molecule has 0 aromatic rings. The van der Waals surface area contributed by atoms with Crippen LogP contribution in [0.15, 0.2) is 0 Å². The second-order valence-corrected chi connectivity index (χ2v) is 9.29. The van der Waals surface area contributed by atoms with Crippen molar-refractivity contribution in [2.45, 2.75) is 168 Å². The summed E-state index contributed by atoms with van der Waals surface area (Å²) >= 11 is 0. The van der Waals surface area contributed by atoms with Crippen LogP contribution in [0.2, 0.25) is 0 Å². The Morgan fingerprint density at radius 1 is 0.452 bits per heavy atom. The fourth-order valence-corrected chi connectivity index (χ4v) is 3.89. The lowest BCUT2D eigenvalue weighted by atomic mass is 10.1. The molecule has 0 fully saturated rings. The van der Waals surface area contributed by atoms with Crippen molar-refractivity contribution >= 4 is 5.97 Å². The SMILES string of the molecule is CCCCCCCCCCCCCC(=O)O.CCCCCCCCCCCCCCO. The summed E-state index contributed by atoms with van der Waals surface area (Å²) < 4.78 is 0. The van der Waals surface area contributed by atoms with Crippen LogP contribution < -0.4 is 0 Å². The summed E-state index contributed by atoms with van der Waals surface area (Å²) in [6.07, 6.45) is 30.6. The van der Waals surface area contributed by atoms with Gasteiger partial charge >= 0.3 is 5.97 Å². The van der Waals surface area contributed by atoms with Crippen LogP contribution >= 0.6 is 0 Å². The molecule has 0 unspecified atom stereocenters. The Labute approximate surface area is 195 Å². The molecule has 0 amide bonds. The first-order valence-corrected chi connectivity index (χ1v) is 14.0. The number of rotatable bonds is 24. The summed E-state index contributed by atoms with van der Waals surface area (Å²) in [6.45, 7) is 4.89. The van der Waals surface area contributed by atoms with Gasteiger partial charge in [-0.05, 0) is 12.8 Å². The van der Waals surface area contributed by atoms with Crippen molar-refractivity contribution in [1.29, 1.82) is 0 Å². The standard InChI is InChI=1S/C14H28O2.C14H30O/c1-2-3-4-5-6-7-8-9-10-11-12-13-14(15)16;1-2-3-4-5-6-7-8-9-10-11-12-13-14-15/h2-13H2,1H3,(H,15,16);15H,2-14H2,1H3. The predicted molar refractivity (Wildman–Crippen MR) is 137 cm³/mol. The Morgan fingerprint density at radius 3 is 0.968 bits per heavy atom. The van der Waals surface area contributed by atoms with E-state index < -0.39 is 5.97 Å². The van der Waals surface area contributed by atoms with Gasteiger partial charge in [0.05, 0.1) is 0 Å². The second kappa shape index (κ2) is 31.6. The van der Waals surface area contributed by atoms with Gasteiger partial charge in [-0.3, -0.25) is 4.79 Å². The van der Waals surface area contributed by atoms with Gasteiger partial charge in [0.25, 0.3) is 0 Å². The van der Waals surface area contributed by atoms with Gasteiger partial charge in [0.15, 0.2) is 0 Å². The first-order chi connectivity index (χ1) is 15.2. The summed E-state index contributed by atoms with van der Waals surface area (Å²) in [6, 6.07) is 0. The topological polar surface area (TPSA) is 57.5 Å². The van der Waals surface area contributed by atoms with E-state index in [9.17, 15) is 4.79 Å². The number of carboxylic acid groups (broad SMARTS) is 1. The maximum Gasteiger partial charge on any atom is 0.303 e. The van der Waals surface area contributed by atoms with E-state index in [0.717, 1.165) is 19.3 Å². The van der Waals surface area contributed by atoms with E-state index in [1.807, 2.05) is 0 Å². The molecule has 188 valence electrons. The number of aliphatic hydroxyl groups excluding tert-OH is 1. The average Bonchev–Trinajstić information content (AvgIpc) is 2.76. The molecule has 0 atom stereocenters. The molecule has 0 saturated heterocycles. The third-order valence-corrected chi connectivity index (χ3v) is 6.01. The number of carbonyl (C=O) groups is 1. The minimum atomic E-state index is -0.657. The van der Waals surface area contributed by atoms with E-state index in [2.05, 4.69) is 13.8 Å². The van der Waals surface area contributed by atoms with Gasteiger partial charge in [0.2, 0.25) is 0 Å². The summed E-state index contributed by atoms with van der Waals surface area (Å²) in [5.74, 6) is -0.657. The smallest absolute Gasteiger partial charge is 0.303 e. The largest absolute Gasteiger partial charge is 0.481 e. The van der Waals surface area contributed by atoms with Gasteiger partial charge in [0.1, 0.15) is 0 Å². The highest BCUT2D eigenvalue weighted by atomic mass is 16.4. The Kier molecular flexibility index (Phi) is 33.3. The van der Waals surface area contributed by atoms with E-state index in [4.69, 9.17) is 10.2 Å². The highest BCUT2D eigenvalue weighted by molar-refractivity contribution is 5.66. The first-order valence-electron chi connectivity index (χ1n) is 14.0. The lowest BCUT2D eigenvalue weighted by molar-refractivity contribution is -0.137. The number of aliphatic carboxylic acids is 1. The van der Waals surface area contributed by atoms with Crippen molar-refractivity contribution in [1.82, 2.24) is 0 Å². The van der Waals surface area contributed by atoms with Crippen LogP contribution in [0.1, 0.15) is 168 Å². The fourth-order valence-electron chi connectivity index (χ4n) is 3.89. The van der Waals surface area contributed by atoms with Crippen molar-refractivity contribution in [3.63, 3.8) is 0 Å². The molecular weight excluding hydrogens is 384 g/mol. The van der Waals surface area contributed by atoms with E-state index in [1.54, 1.807) is 0 Å². The van der Waals surface area contributed by atoms with Gasteiger partial charge in [-0.25, -0.2) is 0 Å². The molecule has 0 rings (SSSR count). The molecule has 0 aromatic carbocycles. The lowest BCUT2D eigenvalue weighted by Crippen LogP contribution is -1.93. The number of hydrogen-bond acceptors (Lipinski definition) is 2. The minimum absolute atomic E-state index is 0.344. The quantitative estimate of drug-likeness (QED) is 0.146. The zero-order valence-electron chi connectivity index (χ0n) is 21.5. The van der Waals surface area contributed by atoms with E-state index in [0.29, 0.717) is 13.0 Å².